The predicted molar refractivity (Wildman–Crippen MR) is 165 cm³/mol. The fraction of sp³-hybridized carbons (Fsp3) is 0.333. The van der Waals surface area contributed by atoms with Crippen molar-refractivity contribution in [1.82, 2.24) is 5.32 Å². The highest BCUT2D eigenvalue weighted by molar-refractivity contribution is 6.04. The van der Waals surface area contributed by atoms with E-state index >= 15 is 0 Å². The molecule has 0 unspecified atom stereocenters. The molecular formula is C36H39NO6. The van der Waals surface area contributed by atoms with Crippen LogP contribution in [0.4, 0.5) is 0 Å². The zero-order chi connectivity index (χ0) is 30.3. The van der Waals surface area contributed by atoms with E-state index in [0.717, 1.165) is 35.2 Å². The first kappa shape index (κ1) is 30.0. The van der Waals surface area contributed by atoms with Crippen molar-refractivity contribution in [2.75, 3.05) is 20.8 Å². The summed E-state index contributed by atoms with van der Waals surface area (Å²) in [6, 6.07) is 23.4. The summed E-state index contributed by atoms with van der Waals surface area (Å²) in [5.41, 5.74) is 5.34. The van der Waals surface area contributed by atoms with Crippen LogP contribution in [0.2, 0.25) is 0 Å². The van der Waals surface area contributed by atoms with Gasteiger partial charge in [0.25, 0.3) is 0 Å². The van der Waals surface area contributed by atoms with E-state index in [-0.39, 0.29) is 11.7 Å². The van der Waals surface area contributed by atoms with Gasteiger partial charge in [0.05, 0.1) is 32.3 Å². The fourth-order valence-electron chi connectivity index (χ4n) is 5.94. The Bertz CT molecular complexity index is 1540. The minimum absolute atomic E-state index is 0.0113. The minimum atomic E-state index is -0.615. The average molecular weight is 582 g/mol. The third kappa shape index (κ3) is 6.46. The molecular weight excluding hydrogens is 542 g/mol. The standard InChI is InChI=1S/C36H39NO6/c1-5-6-18-42-36(39)33-23(2)37-28-19-26(25-16-17-31(40-3)32(21-25)41-4)20-29(38)35(28)34(33)27-14-10-11-15-30(27)43-22-24-12-8-7-9-13-24/h7-17,21,26,34,37H,5-6,18-20,22H2,1-4H3/t26-,34-/m0/s1. The van der Waals surface area contributed by atoms with Crippen LogP contribution in [-0.2, 0) is 20.9 Å². The Kier molecular flexibility index (Phi) is 9.50. The Morgan fingerprint density at radius 2 is 1.65 bits per heavy atom. The lowest BCUT2D eigenvalue weighted by Gasteiger charge is -2.37. The van der Waals surface area contributed by atoms with Gasteiger partial charge in [-0.2, -0.15) is 0 Å². The van der Waals surface area contributed by atoms with Gasteiger partial charge < -0.3 is 24.3 Å². The van der Waals surface area contributed by atoms with E-state index in [0.29, 0.717) is 60.1 Å². The number of hydrogen-bond donors (Lipinski definition) is 1. The van der Waals surface area contributed by atoms with E-state index in [9.17, 15) is 9.59 Å². The van der Waals surface area contributed by atoms with Gasteiger partial charge in [-0.15, -0.1) is 0 Å². The maximum Gasteiger partial charge on any atom is 0.336 e. The molecule has 2 aliphatic rings. The summed E-state index contributed by atoms with van der Waals surface area (Å²) in [5.74, 6) is 0.795. The highest BCUT2D eigenvalue weighted by Gasteiger charge is 2.42. The summed E-state index contributed by atoms with van der Waals surface area (Å²) in [5, 5.41) is 3.44. The topological polar surface area (TPSA) is 83.1 Å². The maximum absolute atomic E-state index is 14.1. The van der Waals surface area contributed by atoms with Crippen LogP contribution in [0.5, 0.6) is 17.2 Å². The molecule has 0 saturated heterocycles. The van der Waals surface area contributed by atoms with Crippen molar-refractivity contribution in [2.45, 2.75) is 58.0 Å². The summed E-state index contributed by atoms with van der Waals surface area (Å²) in [6.45, 7) is 4.62. The van der Waals surface area contributed by atoms with Gasteiger partial charge in [0.1, 0.15) is 12.4 Å². The lowest BCUT2D eigenvalue weighted by Crippen LogP contribution is -2.36. The summed E-state index contributed by atoms with van der Waals surface area (Å²) in [6.07, 6.45) is 2.59. The van der Waals surface area contributed by atoms with Crippen molar-refractivity contribution in [3.63, 3.8) is 0 Å². The van der Waals surface area contributed by atoms with Crippen LogP contribution in [0.25, 0.3) is 0 Å². The number of carbonyl (C=O) groups is 2. The number of unbranched alkanes of at least 4 members (excludes halogenated alkanes) is 1. The number of benzene rings is 3. The van der Waals surface area contributed by atoms with Crippen LogP contribution in [0.15, 0.2) is 95.3 Å². The number of esters is 1. The van der Waals surface area contributed by atoms with E-state index in [1.165, 1.54) is 0 Å². The van der Waals surface area contributed by atoms with Gasteiger partial charge in [-0.1, -0.05) is 67.9 Å². The van der Waals surface area contributed by atoms with Gasteiger partial charge in [0.15, 0.2) is 17.3 Å². The van der Waals surface area contributed by atoms with E-state index in [1.807, 2.05) is 79.7 Å². The van der Waals surface area contributed by atoms with Gasteiger partial charge in [-0.25, -0.2) is 4.79 Å². The quantitative estimate of drug-likeness (QED) is 0.193. The number of rotatable bonds is 11. The fourth-order valence-corrected chi connectivity index (χ4v) is 5.94. The summed E-state index contributed by atoms with van der Waals surface area (Å²) in [7, 11) is 3.21. The number of allylic oxidation sites excluding steroid dienone is 3. The first-order valence-corrected chi connectivity index (χ1v) is 14.8. The lowest BCUT2D eigenvalue weighted by molar-refractivity contribution is -0.139. The molecule has 7 nitrogen and oxygen atoms in total. The zero-order valence-corrected chi connectivity index (χ0v) is 25.3. The molecule has 1 aliphatic heterocycles. The highest BCUT2D eigenvalue weighted by atomic mass is 16.5. The van der Waals surface area contributed by atoms with Crippen LogP contribution in [0, 0.1) is 0 Å². The summed E-state index contributed by atoms with van der Waals surface area (Å²) >= 11 is 0. The number of methoxy groups -OCH3 is 2. The maximum atomic E-state index is 14.1. The monoisotopic (exact) mass is 581 g/mol. The molecule has 0 amide bonds. The molecule has 43 heavy (non-hydrogen) atoms. The Morgan fingerprint density at radius 3 is 2.40 bits per heavy atom. The van der Waals surface area contributed by atoms with Crippen LogP contribution in [0.1, 0.15) is 68.1 Å². The van der Waals surface area contributed by atoms with Crippen LogP contribution in [-0.4, -0.2) is 32.6 Å². The molecule has 0 saturated carbocycles. The van der Waals surface area contributed by atoms with E-state index in [4.69, 9.17) is 18.9 Å². The molecule has 3 aromatic carbocycles. The molecule has 1 N–H and O–H groups in total. The van der Waals surface area contributed by atoms with Crippen molar-refractivity contribution < 1.29 is 28.5 Å². The molecule has 0 bridgehead atoms. The molecule has 2 atom stereocenters. The SMILES string of the molecule is CCCCOC(=O)C1=C(C)NC2=C(C(=O)C[C@@H](c3ccc(OC)c(OC)c3)C2)[C@H]1c1ccccc1OCc1ccccc1. The van der Waals surface area contributed by atoms with Gasteiger partial charge in [0, 0.05) is 29.0 Å². The number of para-hydroxylation sites is 1. The molecule has 0 radical (unpaired) electrons. The normalized spacial score (nSPS) is 18.1. The van der Waals surface area contributed by atoms with E-state index in [2.05, 4.69) is 12.2 Å². The van der Waals surface area contributed by atoms with E-state index in [1.54, 1.807) is 14.2 Å². The first-order chi connectivity index (χ1) is 20.9. The molecule has 0 fully saturated rings. The molecule has 3 aromatic rings. The molecule has 0 aromatic heterocycles. The van der Waals surface area contributed by atoms with Crippen LogP contribution < -0.4 is 19.5 Å². The predicted octanol–water partition coefficient (Wildman–Crippen LogP) is 6.99. The second-order valence-electron chi connectivity index (χ2n) is 10.9. The van der Waals surface area contributed by atoms with Crippen molar-refractivity contribution in [3.05, 3.63) is 112 Å². The molecule has 5 rings (SSSR count). The molecule has 1 aliphatic carbocycles. The number of carbonyl (C=O) groups excluding carboxylic acids is 2. The van der Waals surface area contributed by atoms with E-state index < -0.39 is 11.9 Å². The number of hydrogen-bond acceptors (Lipinski definition) is 7. The minimum Gasteiger partial charge on any atom is -0.493 e. The Hall–Kier alpha value is -4.52. The van der Waals surface area contributed by atoms with Crippen molar-refractivity contribution in [1.29, 1.82) is 0 Å². The number of ketones is 1. The Balaban J connectivity index is 1.55. The Morgan fingerprint density at radius 1 is 0.907 bits per heavy atom. The molecule has 7 heteroatoms. The largest absolute Gasteiger partial charge is 0.493 e. The summed E-state index contributed by atoms with van der Waals surface area (Å²) in [4.78, 5) is 27.8. The number of ether oxygens (including phenoxy) is 4. The third-order valence-electron chi connectivity index (χ3n) is 8.12. The lowest BCUT2D eigenvalue weighted by atomic mass is 9.71. The number of dihydropyridines is 1. The zero-order valence-electron chi connectivity index (χ0n) is 25.3. The van der Waals surface area contributed by atoms with Crippen molar-refractivity contribution >= 4 is 11.8 Å². The third-order valence-corrected chi connectivity index (χ3v) is 8.12. The molecule has 0 spiro atoms. The first-order valence-electron chi connectivity index (χ1n) is 14.8. The van der Waals surface area contributed by atoms with Gasteiger partial charge in [-0.05, 0) is 55.0 Å². The number of Topliss-reactive ketones (excluding diaryl/α,β-unsaturated/α-hetero) is 1. The summed E-state index contributed by atoms with van der Waals surface area (Å²) < 4.78 is 23.0. The van der Waals surface area contributed by atoms with Gasteiger partial charge >= 0.3 is 5.97 Å². The van der Waals surface area contributed by atoms with Crippen molar-refractivity contribution in [3.8, 4) is 17.2 Å². The van der Waals surface area contributed by atoms with Crippen molar-refractivity contribution in [2.24, 2.45) is 0 Å². The van der Waals surface area contributed by atoms with Crippen LogP contribution >= 0.6 is 0 Å². The highest BCUT2D eigenvalue weighted by Crippen LogP contribution is 2.48. The second-order valence-corrected chi connectivity index (χ2v) is 10.9. The Labute approximate surface area is 253 Å². The number of nitrogens with one attached hydrogen (secondary N) is 1. The molecule has 224 valence electrons. The smallest absolute Gasteiger partial charge is 0.336 e. The molecule has 1 heterocycles. The second kappa shape index (κ2) is 13.6. The van der Waals surface area contributed by atoms with Gasteiger partial charge in [0.2, 0.25) is 0 Å². The van der Waals surface area contributed by atoms with Crippen LogP contribution in [0.3, 0.4) is 0 Å². The average Bonchev–Trinajstić information content (AvgIpc) is 3.03. The van der Waals surface area contributed by atoms with Gasteiger partial charge in [-0.3, -0.25) is 4.79 Å².